The lowest BCUT2D eigenvalue weighted by Crippen LogP contribution is -2.07. The van der Waals surface area contributed by atoms with Crippen LogP contribution in [0.5, 0.6) is 0 Å². The molecule has 2 aromatic rings. The third-order valence-electron chi connectivity index (χ3n) is 5.12. The molecule has 3 heteroatoms. The zero-order valence-electron chi connectivity index (χ0n) is 12.9. The van der Waals surface area contributed by atoms with E-state index in [0.29, 0.717) is 11.8 Å². The Hall–Kier alpha value is -1.90. The van der Waals surface area contributed by atoms with Crippen molar-refractivity contribution in [2.45, 2.75) is 56.8 Å². The molecule has 1 aromatic heterocycles. The van der Waals surface area contributed by atoms with E-state index in [1.54, 1.807) is 6.20 Å². The van der Waals surface area contributed by atoms with Crippen LogP contribution in [-0.2, 0) is 0 Å². The van der Waals surface area contributed by atoms with E-state index in [1.807, 2.05) is 4.68 Å². The maximum absolute atomic E-state index is 11.3. The summed E-state index contributed by atoms with van der Waals surface area (Å²) in [5.41, 5.74) is 4.40. The van der Waals surface area contributed by atoms with Crippen LogP contribution in [0.3, 0.4) is 0 Å². The lowest BCUT2D eigenvalue weighted by Gasteiger charge is -2.22. The lowest BCUT2D eigenvalue weighted by molar-refractivity contribution is 0.112. The molecule has 2 aliphatic rings. The number of rotatable bonds is 4. The minimum Gasteiger partial charge on any atom is -0.298 e. The Morgan fingerprint density at radius 1 is 1.05 bits per heavy atom. The summed E-state index contributed by atoms with van der Waals surface area (Å²) in [6.45, 7) is 0. The molecule has 0 aliphatic heterocycles. The van der Waals surface area contributed by atoms with E-state index >= 15 is 0 Å². The molecule has 0 saturated heterocycles. The number of hydrogen-bond acceptors (Lipinski definition) is 2. The third kappa shape index (κ3) is 2.49. The average Bonchev–Trinajstić information content (AvgIpc) is 3.34. The number of carbonyl (C=O) groups excluding carboxylic acids is 1. The summed E-state index contributed by atoms with van der Waals surface area (Å²) in [6, 6.07) is 8.78. The first-order chi connectivity index (χ1) is 10.9. The molecule has 1 aromatic carbocycles. The fourth-order valence-corrected chi connectivity index (χ4v) is 3.78. The second-order valence-corrected chi connectivity index (χ2v) is 6.72. The van der Waals surface area contributed by atoms with Gasteiger partial charge in [-0.15, -0.1) is 0 Å². The van der Waals surface area contributed by atoms with Crippen molar-refractivity contribution in [2.75, 3.05) is 0 Å². The summed E-state index contributed by atoms with van der Waals surface area (Å²) >= 11 is 0. The Kier molecular flexibility index (Phi) is 3.57. The Bertz CT molecular complexity index is 678. The summed E-state index contributed by atoms with van der Waals surface area (Å²) in [6.07, 6.45) is 11.7. The van der Waals surface area contributed by atoms with E-state index in [1.165, 1.54) is 50.5 Å². The number of benzene rings is 1. The normalized spacial score (nSPS) is 19.3. The monoisotopic (exact) mass is 294 g/mol. The van der Waals surface area contributed by atoms with Crippen LogP contribution in [0.2, 0.25) is 0 Å². The molecule has 2 aliphatic carbocycles. The first kappa shape index (κ1) is 13.7. The molecule has 0 unspecified atom stereocenters. The number of carbonyl (C=O) groups is 1. The number of hydrogen-bond donors (Lipinski definition) is 0. The van der Waals surface area contributed by atoms with Gasteiger partial charge in [0.15, 0.2) is 6.29 Å². The highest BCUT2D eigenvalue weighted by molar-refractivity contribution is 5.77. The largest absolute Gasteiger partial charge is 0.298 e. The zero-order valence-corrected chi connectivity index (χ0v) is 12.9. The van der Waals surface area contributed by atoms with Crippen molar-refractivity contribution in [1.29, 1.82) is 0 Å². The Labute approximate surface area is 131 Å². The van der Waals surface area contributed by atoms with E-state index < -0.39 is 0 Å². The highest BCUT2D eigenvalue weighted by Crippen LogP contribution is 2.42. The molecule has 0 spiro atoms. The van der Waals surface area contributed by atoms with Crippen molar-refractivity contribution in [3.8, 4) is 5.69 Å². The molecule has 114 valence electrons. The van der Waals surface area contributed by atoms with Crippen LogP contribution in [0.1, 0.15) is 78.4 Å². The molecule has 2 fully saturated rings. The summed E-state index contributed by atoms with van der Waals surface area (Å²) in [4.78, 5) is 11.3. The molecule has 4 rings (SSSR count). The van der Waals surface area contributed by atoms with Gasteiger partial charge >= 0.3 is 0 Å². The van der Waals surface area contributed by atoms with Crippen molar-refractivity contribution in [3.05, 3.63) is 47.3 Å². The van der Waals surface area contributed by atoms with E-state index in [-0.39, 0.29) is 0 Å². The van der Waals surface area contributed by atoms with Crippen LogP contribution < -0.4 is 0 Å². The fraction of sp³-hybridized carbons (Fsp3) is 0.474. The van der Waals surface area contributed by atoms with Gasteiger partial charge in [-0.2, -0.15) is 5.10 Å². The zero-order chi connectivity index (χ0) is 14.9. The third-order valence-corrected chi connectivity index (χ3v) is 5.12. The lowest BCUT2D eigenvalue weighted by atomic mass is 9.84. The SMILES string of the molecule is O=Cc1cnn(-c2cccc(C3CCCCC3)c2)c1C1CC1. The van der Waals surface area contributed by atoms with Crippen LogP contribution in [0.4, 0.5) is 0 Å². The topological polar surface area (TPSA) is 34.9 Å². The molecule has 0 atom stereocenters. The van der Waals surface area contributed by atoms with Crippen molar-refractivity contribution in [1.82, 2.24) is 9.78 Å². The molecule has 0 amide bonds. The first-order valence-corrected chi connectivity index (χ1v) is 8.50. The van der Waals surface area contributed by atoms with Crippen molar-refractivity contribution >= 4 is 6.29 Å². The van der Waals surface area contributed by atoms with Gasteiger partial charge in [0.05, 0.1) is 23.1 Å². The van der Waals surface area contributed by atoms with Gasteiger partial charge in [-0.1, -0.05) is 31.4 Å². The van der Waals surface area contributed by atoms with Crippen LogP contribution in [-0.4, -0.2) is 16.1 Å². The minimum atomic E-state index is 0.515. The van der Waals surface area contributed by atoms with Gasteiger partial charge in [0.25, 0.3) is 0 Å². The second kappa shape index (κ2) is 5.71. The Morgan fingerprint density at radius 2 is 1.86 bits per heavy atom. The molecule has 0 bridgehead atoms. The molecule has 3 nitrogen and oxygen atoms in total. The van der Waals surface area contributed by atoms with Gasteiger partial charge < -0.3 is 0 Å². The quantitative estimate of drug-likeness (QED) is 0.772. The Balaban J connectivity index is 1.71. The first-order valence-electron chi connectivity index (χ1n) is 8.50. The van der Waals surface area contributed by atoms with E-state index in [9.17, 15) is 4.79 Å². The molecule has 2 saturated carbocycles. The van der Waals surface area contributed by atoms with Gasteiger partial charge in [-0.3, -0.25) is 4.79 Å². The maximum Gasteiger partial charge on any atom is 0.153 e. The predicted octanol–water partition coefficient (Wildman–Crippen LogP) is 4.61. The minimum absolute atomic E-state index is 0.515. The van der Waals surface area contributed by atoms with E-state index in [0.717, 1.165) is 23.2 Å². The standard InChI is InChI=1S/C19H22N2O/c22-13-17-12-20-21(19(17)15-9-10-15)18-8-4-7-16(11-18)14-5-2-1-3-6-14/h4,7-8,11-15H,1-3,5-6,9-10H2. The molecule has 1 heterocycles. The predicted molar refractivity (Wildman–Crippen MR) is 86.8 cm³/mol. The van der Waals surface area contributed by atoms with Crippen molar-refractivity contribution in [3.63, 3.8) is 0 Å². The number of aldehydes is 1. The van der Waals surface area contributed by atoms with Crippen molar-refractivity contribution < 1.29 is 4.79 Å². The highest BCUT2D eigenvalue weighted by Gasteiger charge is 2.30. The highest BCUT2D eigenvalue weighted by atomic mass is 16.1. The number of nitrogens with zero attached hydrogens (tertiary/aromatic N) is 2. The summed E-state index contributed by atoms with van der Waals surface area (Å²) in [5.74, 6) is 1.21. The van der Waals surface area contributed by atoms with Gasteiger partial charge in [-0.25, -0.2) is 4.68 Å². The van der Waals surface area contributed by atoms with Crippen LogP contribution in [0.15, 0.2) is 30.5 Å². The van der Waals surface area contributed by atoms with Crippen LogP contribution >= 0.6 is 0 Å². The summed E-state index contributed by atoms with van der Waals surface area (Å²) in [5, 5.41) is 4.49. The summed E-state index contributed by atoms with van der Waals surface area (Å²) < 4.78 is 1.99. The van der Waals surface area contributed by atoms with Gasteiger partial charge in [0.1, 0.15) is 0 Å². The van der Waals surface area contributed by atoms with Gasteiger partial charge in [0, 0.05) is 5.92 Å². The smallest absolute Gasteiger partial charge is 0.153 e. The second-order valence-electron chi connectivity index (χ2n) is 6.72. The average molecular weight is 294 g/mol. The number of aromatic nitrogens is 2. The molecular weight excluding hydrogens is 272 g/mol. The molecule has 22 heavy (non-hydrogen) atoms. The molecule has 0 radical (unpaired) electrons. The maximum atomic E-state index is 11.3. The summed E-state index contributed by atoms with van der Waals surface area (Å²) in [7, 11) is 0. The van der Waals surface area contributed by atoms with Crippen LogP contribution in [0, 0.1) is 0 Å². The van der Waals surface area contributed by atoms with Gasteiger partial charge in [-0.05, 0) is 49.3 Å². The molecule has 0 N–H and O–H groups in total. The fourth-order valence-electron chi connectivity index (χ4n) is 3.78. The van der Waals surface area contributed by atoms with E-state index in [4.69, 9.17) is 0 Å². The Morgan fingerprint density at radius 3 is 2.59 bits per heavy atom. The van der Waals surface area contributed by atoms with Crippen molar-refractivity contribution in [2.24, 2.45) is 0 Å². The van der Waals surface area contributed by atoms with Crippen LogP contribution in [0.25, 0.3) is 5.69 Å². The van der Waals surface area contributed by atoms with E-state index in [2.05, 4.69) is 29.4 Å². The molecular formula is C19H22N2O. The van der Waals surface area contributed by atoms with Gasteiger partial charge in [0.2, 0.25) is 0 Å².